The average molecular weight is 494 g/mol. The Bertz CT molecular complexity index is 1490. The molecule has 35 heavy (non-hydrogen) atoms. The van der Waals surface area contributed by atoms with Crippen LogP contribution in [0.15, 0.2) is 71.8 Å². The predicted octanol–water partition coefficient (Wildman–Crippen LogP) is 4.39. The molecule has 0 saturated carbocycles. The van der Waals surface area contributed by atoms with Crippen LogP contribution in [0.25, 0.3) is 16.8 Å². The highest BCUT2D eigenvalue weighted by Crippen LogP contribution is 2.26. The van der Waals surface area contributed by atoms with Crippen molar-refractivity contribution in [2.24, 2.45) is 0 Å². The van der Waals surface area contributed by atoms with Crippen molar-refractivity contribution >= 4 is 33.1 Å². The first-order valence-corrected chi connectivity index (χ1v) is 12.6. The largest absolute Gasteiger partial charge is 0.462 e. The molecule has 0 aliphatic carbocycles. The fourth-order valence-electron chi connectivity index (χ4n) is 3.53. The highest BCUT2D eigenvalue weighted by Gasteiger charge is 2.22. The van der Waals surface area contributed by atoms with Crippen LogP contribution in [0.4, 0.5) is 11.6 Å². The van der Waals surface area contributed by atoms with E-state index in [4.69, 9.17) is 4.74 Å². The summed E-state index contributed by atoms with van der Waals surface area (Å²) in [5.41, 5.74) is 2.59. The van der Waals surface area contributed by atoms with Gasteiger partial charge in [-0.25, -0.2) is 27.4 Å². The molecule has 2 aromatic heterocycles. The summed E-state index contributed by atoms with van der Waals surface area (Å²) in [6.07, 6.45) is 1.66. The van der Waals surface area contributed by atoms with E-state index in [-0.39, 0.29) is 4.90 Å². The van der Waals surface area contributed by atoms with Gasteiger partial charge in [-0.15, -0.1) is 5.10 Å². The number of nitrogens with one attached hydrogen (secondary N) is 2. The molecule has 2 heterocycles. The van der Waals surface area contributed by atoms with E-state index in [1.165, 1.54) is 0 Å². The van der Waals surface area contributed by atoms with Gasteiger partial charge in [0.25, 0.3) is 0 Å². The lowest BCUT2D eigenvalue weighted by atomic mass is 10.1. The zero-order valence-electron chi connectivity index (χ0n) is 19.9. The van der Waals surface area contributed by atoms with Gasteiger partial charge in [0, 0.05) is 16.8 Å². The van der Waals surface area contributed by atoms with E-state index in [1.54, 1.807) is 80.9 Å². The van der Waals surface area contributed by atoms with Crippen molar-refractivity contribution in [3.8, 4) is 11.3 Å². The lowest BCUT2D eigenvalue weighted by molar-refractivity contribution is 0.0526. The predicted molar refractivity (Wildman–Crippen MR) is 134 cm³/mol. The fraction of sp³-hybridized carbons (Fsp3) is 0.240. The number of hydrogen-bond donors (Lipinski definition) is 2. The van der Waals surface area contributed by atoms with E-state index in [1.807, 2.05) is 18.2 Å². The van der Waals surface area contributed by atoms with Gasteiger partial charge in [-0.05, 0) is 70.2 Å². The maximum atomic E-state index is 12.8. The van der Waals surface area contributed by atoms with Crippen LogP contribution in [-0.4, -0.2) is 41.1 Å². The smallest absolute Gasteiger partial charge is 0.338 e. The Kier molecular flexibility index (Phi) is 6.60. The van der Waals surface area contributed by atoms with E-state index in [0.29, 0.717) is 35.1 Å². The summed E-state index contributed by atoms with van der Waals surface area (Å²) >= 11 is 0. The second kappa shape index (κ2) is 9.47. The van der Waals surface area contributed by atoms with Gasteiger partial charge >= 0.3 is 5.97 Å². The number of nitrogens with zero attached hydrogens (tertiary/aromatic N) is 3. The highest BCUT2D eigenvalue weighted by molar-refractivity contribution is 7.89. The normalized spacial score (nSPS) is 12.0. The number of fused-ring (bicyclic) bond motifs is 1. The third-order valence-electron chi connectivity index (χ3n) is 4.91. The molecule has 0 radical (unpaired) electrons. The van der Waals surface area contributed by atoms with Crippen molar-refractivity contribution in [2.75, 3.05) is 11.9 Å². The monoisotopic (exact) mass is 493 g/mol. The Morgan fingerprint density at radius 3 is 2.57 bits per heavy atom. The van der Waals surface area contributed by atoms with Gasteiger partial charge < -0.3 is 10.1 Å². The molecule has 0 saturated heterocycles. The molecule has 0 bridgehead atoms. The van der Waals surface area contributed by atoms with Crippen LogP contribution in [0.1, 0.15) is 38.1 Å². The third kappa shape index (κ3) is 5.67. The fourth-order valence-corrected chi connectivity index (χ4v) is 4.99. The van der Waals surface area contributed by atoms with Gasteiger partial charge in [-0.1, -0.05) is 18.2 Å². The molecule has 0 aliphatic heterocycles. The number of hydrogen-bond acceptors (Lipinski definition) is 7. The molecule has 0 unspecified atom stereocenters. The van der Waals surface area contributed by atoms with Gasteiger partial charge in [-0.2, -0.15) is 0 Å². The first-order valence-electron chi connectivity index (χ1n) is 11.1. The summed E-state index contributed by atoms with van der Waals surface area (Å²) in [7, 11) is -3.69. The number of rotatable bonds is 7. The van der Waals surface area contributed by atoms with E-state index in [0.717, 1.165) is 5.52 Å². The molecule has 0 amide bonds. The SMILES string of the molecule is CCOC(=O)c1cccc(Nc2ncc3ccc(-c4cccc(S(=O)(=O)NC(C)(C)C)c4)n3n2)c1. The van der Waals surface area contributed by atoms with E-state index in [2.05, 4.69) is 20.1 Å². The van der Waals surface area contributed by atoms with Gasteiger partial charge in [0.05, 0.1) is 34.5 Å². The van der Waals surface area contributed by atoms with Crippen LogP contribution in [0.5, 0.6) is 0 Å². The van der Waals surface area contributed by atoms with Crippen molar-refractivity contribution < 1.29 is 17.9 Å². The van der Waals surface area contributed by atoms with Crippen LogP contribution < -0.4 is 10.0 Å². The van der Waals surface area contributed by atoms with E-state index in [9.17, 15) is 13.2 Å². The summed E-state index contributed by atoms with van der Waals surface area (Å²) in [5, 5.41) is 7.69. The summed E-state index contributed by atoms with van der Waals surface area (Å²) in [6.45, 7) is 7.43. The van der Waals surface area contributed by atoms with E-state index >= 15 is 0 Å². The molecule has 0 atom stereocenters. The molecule has 9 nitrogen and oxygen atoms in total. The Labute approximate surface area is 204 Å². The Morgan fingerprint density at radius 1 is 1.06 bits per heavy atom. The maximum Gasteiger partial charge on any atom is 0.338 e. The van der Waals surface area contributed by atoms with Crippen molar-refractivity contribution in [3.63, 3.8) is 0 Å². The van der Waals surface area contributed by atoms with Gasteiger partial charge in [-0.3, -0.25) is 0 Å². The second-order valence-electron chi connectivity index (χ2n) is 8.95. The minimum absolute atomic E-state index is 0.169. The summed E-state index contributed by atoms with van der Waals surface area (Å²) in [5.74, 6) is -0.0925. The number of ether oxygens (including phenoxy) is 1. The number of anilines is 2. The number of benzene rings is 2. The summed E-state index contributed by atoms with van der Waals surface area (Å²) in [4.78, 5) is 16.6. The van der Waals surface area contributed by atoms with Gasteiger partial charge in [0.1, 0.15) is 0 Å². The van der Waals surface area contributed by atoms with Crippen LogP contribution in [0, 0.1) is 0 Å². The lowest BCUT2D eigenvalue weighted by Gasteiger charge is -2.20. The quantitative estimate of drug-likeness (QED) is 0.367. The Morgan fingerprint density at radius 2 is 1.83 bits per heavy atom. The molecular formula is C25H27N5O4S. The standard InChI is InChI=1S/C25H27N5O4S/c1-5-34-23(31)18-9-6-10-19(14-18)27-24-26-16-20-12-13-22(30(20)28-24)17-8-7-11-21(15-17)35(32,33)29-25(2,3)4/h6-16,29H,5H2,1-4H3,(H,27,28). The number of esters is 1. The van der Waals surface area contributed by atoms with Crippen LogP contribution in [0.3, 0.4) is 0 Å². The third-order valence-corrected chi connectivity index (χ3v) is 6.66. The maximum absolute atomic E-state index is 12.8. The number of sulfonamides is 1. The second-order valence-corrected chi connectivity index (χ2v) is 10.6. The Balaban J connectivity index is 1.66. The topological polar surface area (TPSA) is 115 Å². The van der Waals surface area contributed by atoms with Crippen molar-refractivity contribution in [3.05, 3.63) is 72.4 Å². The molecule has 10 heteroatoms. The highest BCUT2D eigenvalue weighted by atomic mass is 32.2. The van der Waals surface area contributed by atoms with Crippen molar-refractivity contribution in [1.82, 2.24) is 19.3 Å². The van der Waals surface area contributed by atoms with Crippen LogP contribution >= 0.6 is 0 Å². The molecule has 0 spiro atoms. The first-order chi connectivity index (χ1) is 16.6. The first kappa shape index (κ1) is 24.4. The number of carbonyl (C=O) groups excluding carboxylic acids is 1. The zero-order valence-corrected chi connectivity index (χ0v) is 20.8. The molecule has 4 aromatic rings. The molecule has 0 aliphatic rings. The molecule has 2 N–H and O–H groups in total. The van der Waals surface area contributed by atoms with Crippen molar-refractivity contribution in [1.29, 1.82) is 0 Å². The minimum atomic E-state index is -3.69. The van der Waals surface area contributed by atoms with Crippen LogP contribution in [0.2, 0.25) is 0 Å². The molecular weight excluding hydrogens is 466 g/mol. The number of carbonyl (C=O) groups is 1. The molecule has 2 aromatic carbocycles. The Hall–Kier alpha value is -3.76. The molecule has 4 rings (SSSR count). The van der Waals surface area contributed by atoms with Crippen molar-refractivity contribution in [2.45, 2.75) is 38.1 Å². The lowest BCUT2D eigenvalue weighted by Crippen LogP contribution is -2.40. The van der Waals surface area contributed by atoms with E-state index < -0.39 is 21.5 Å². The number of aromatic nitrogens is 3. The summed E-state index contributed by atoms with van der Waals surface area (Å²) < 4.78 is 35.1. The zero-order chi connectivity index (χ0) is 25.2. The van der Waals surface area contributed by atoms with Crippen LogP contribution in [-0.2, 0) is 14.8 Å². The van der Waals surface area contributed by atoms with Gasteiger partial charge in [0.15, 0.2) is 0 Å². The minimum Gasteiger partial charge on any atom is -0.462 e. The van der Waals surface area contributed by atoms with Gasteiger partial charge in [0.2, 0.25) is 16.0 Å². The summed E-state index contributed by atoms with van der Waals surface area (Å²) in [6, 6.07) is 17.3. The molecule has 182 valence electrons. The average Bonchev–Trinajstić information content (AvgIpc) is 3.21. The molecule has 0 fully saturated rings.